The van der Waals surface area contributed by atoms with E-state index >= 15 is 0 Å². The number of benzene rings is 1. The van der Waals surface area contributed by atoms with Crippen molar-refractivity contribution in [2.24, 2.45) is 0 Å². The van der Waals surface area contributed by atoms with E-state index in [2.05, 4.69) is 9.97 Å². The number of rotatable bonds is 3. The predicted octanol–water partition coefficient (Wildman–Crippen LogP) is 1.86. The minimum Gasteiger partial charge on any atom is -0.480 e. The van der Waals surface area contributed by atoms with Crippen molar-refractivity contribution in [2.45, 2.75) is 6.54 Å². The molecule has 1 aliphatic heterocycles. The van der Waals surface area contributed by atoms with Crippen LogP contribution in [0.2, 0.25) is 0 Å². The van der Waals surface area contributed by atoms with E-state index < -0.39 is 0 Å². The number of fused-ring (bicyclic) bond motifs is 2. The van der Waals surface area contributed by atoms with Gasteiger partial charge in [0.1, 0.15) is 0 Å². The fraction of sp³-hybridized carbons (Fsp3) is 0.188. The van der Waals surface area contributed by atoms with E-state index in [1.165, 1.54) is 0 Å². The second kappa shape index (κ2) is 5.14. The molecule has 1 amide bonds. The third-order valence-corrected chi connectivity index (χ3v) is 3.75. The zero-order valence-electron chi connectivity index (χ0n) is 11.8. The first-order chi connectivity index (χ1) is 10.8. The zero-order valence-corrected chi connectivity index (χ0v) is 11.8. The van der Waals surface area contributed by atoms with Gasteiger partial charge in [0.2, 0.25) is 0 Å². The molecule has 1 aliphatic rings. The Morgan fingerprint density at radius 3 is 2.95 bits per heavy atom. The van der Waals surface area contributed by atoms with Crippen LogP contribution in [0, 0.1) is 0 Å². The Kier molecular flexibility index (Phi) is 3.00. The lowest BCUT2D eigenvalue weighted by Gasteiger charge is -2.28. The molecule has 6 heteroatoms. The Hall–Kier alpha value is -2.89. The summed E-state index contributed by atoms with van der Waals surface area (Å²) in [5, 5.41) is 0. The van der Waals surface area contributed by atoms with Gasteiger partial charge in [-0.2, -0.15) is 0 Å². The summed E-state index contributed by atoms with van der Waals surface area (Å²) in [6.07, 6.45) is 3.47. The maximum Gasteiger partial charge on any atom is 0.266 e. The van der Waals surface area contributed by atoms with Gasteiger partial charge in [0.15, 0.2) is 18.2 Å². The van der Waals surface area contributed by atoms with Crippen LogP contribution in [0.1, 0.15) is 0 Å². The van der Waals surface area contributed by atoms with Gasteiger partial charge in [0.05, 0.1) is 17.4 Å². The van der Waals surface area contributed by atoms with Crippen molar-refractivity contribution < 1.29 is 9.53 Å². The van der Waals surface area contributed by atoms with Crippen molar-refractivity contribution in [1.82, 2.24) is 14.5 Å². The number of amides is 1. The minimum atomic E-state index is -0.0735. The molecule has 22 heavy (non-hydrogen) atoms. The van der Waals surface area contributed by atoms with Crippen LogP contribution in [0.4, 0.5) is 5.82 Å². The van der Waals surface area contributed by atoms with E-state index in [4.69, 9.17) is 4.74 Å². The van der Waals surface area contributed by atoms with Gasteiger partial charge in [-0.05, 0) is 24.3 Å². The predicted molar refractivity (Wildman–Crippen MR) is 81.8 cm³/mol. The van der Waals surface area contributed by atoms with Gasteiger partial charge in [-0.3, -0.25) is 9.69 Å². The highest BCUT2D eigenvalue weighted by atomic mass is 16.5. The van der Waals surface area contributed by atoms with E-state index in [0.29, 0.717) is 24.7 Å². The van der Waals surface area contributed by atoms with E-state index in [-0.39, 0.29) is 12.5 Å². The first kappa shape index (κ1) is 12.8. The van der Waals surface area contributed by atoms with Crippen molar-refractivity contribution in [3.05, 3.63) is 48.9 Å². The summed E-state index contributed by atoms with van der Waals surface area (Å²) < 4.78 is 7.44. The Labute approximate surface area is 127 Å². The molecular weight excluding hydrogens is 280 g/mol. The van der Waals surface area contributed by atoms with Crippen LogP contribution in [-0.2, 0) is 11.3 Å². The molecule has 0 bridgehead atoms. The van der Waals surface area contributed by atoms with Crippen LogP contribution in [0.3, 0.4) is 0 Å². The molecule has 0 saturated carbocycles. The summed E-state index contributed by atoms with van der Waals surface area (Å²) in [6.45, 7) is 1.25. The largest absolute Gasteiger partial charge is 0.480 e. The highest BCUT2D eigenvalue weighted by Crippen LogP contribution is 2.28. The molecule has 3 heterocycles. The SMILES string of the molecule is O=C1COc2cccnc2N1CCn1cnc2ccccc21. The number of ether oxygens (including phenoxy) is 1. The molecule has 0 fully saturated rings. The molecule has 0 radical (unpaired) electrons. The van der Waals surface area contributed by atoms with Crippen LogP contribution < -0.4 is 9.64 Å². The van der Waals surface area contributed by atoms with Gasteiger partial charge < -0.3 is 9.30 Å². The van der Waals surface area contributed by atoms with Crippen LogP contribution in [0.5, 0.6) is 5.75 Å². The van der Waals surface area contributed by atoms with Crippen LogP contribution in [-0.4, -0.2) is 33.6 Å². The van der Waals surface area contributed by atoms with Gasteiger partial charge in [0, 0.05) is 19.3 Å². The molecule has 4 rings (SSSR count). The second-order valence-corrected chi connectivity index (χ2v) is 5.09. The zero-order chi connectivity index (χ0) is 14.9. The topological polar surface area (TPSA) is 60.2 Å². The monoisotopic (exact) mass is 294 g/mol. The molecule has 2 aromatic heterocycles. The van der Waals surface area contributed by atoms with Crippen molar-refractivity contribution >= 4 is 22.8 Å². The van der Waals surface area contributed by atoms with Crippen molar-refractivity contribution in [2.75, 3.05) is 18.1 Å². The van der Waals surface area contributed by atoms with Crippen molar-refractivity contribution in [3.8, 4) is 5.75 Å². The Bertz CT molecular complexity index is 843. The van der Waals surface area contributed by atoms with E-state index in [9.17, 15) is 4.79 Å². The maximum atomic E-state index is 12.1. The number of nitrogens with zero attached hydrogens (tertiary/aromatic N) is 4. The number of pyridine rings is 1. The summed E-state index contributed by atoms with van der Waals surface area (Å²) >= 11 is 0. The van der Waals surface area contributed by atoms with E-state index in [0.717, 1.165) is 11.0 Å². The average Bonchev–Trinajstić information content (AvgIpc) is 2.97. The Morgan fingerprint density at radius 2 is 2.00 bits per heavy atom. The summed E-state index contributed by atoms with van der Waals surface area (Å²) in [4.78, 5) is 22.4. The van der Waals surface area contributed by atoms with Gasteiger partial charge in [-0.1, -0.05) is 12.1 Å². The summed E-state index contributed by atoms with van der Waals surface area (Å²) in [5.41, 5.74) is 2.01. The van der Waals surface area contributed by atoms with Gasteiger partial charge >= 0.3 is 0 Å². The Morgan fingerprint density at radius 1 is 1.09 bits per heavy atom. The molecule has 1 aromatic carbocycles. The van der Waals surface area contributed by atoms with Gasteiger partial charge in [0.25, 0.3) is 5.91 Å². The molecule has 0 N–H and O–H groups in total. The fourth-order valence-electron chi connectivity index (χ4n) is 2.66. The molecule has 3 aromatic rings. The first-order valence-electron chi connectivity index (χ1n) is 7.11. The normalized spacial score (nSPS) is 14.0. The summed E-state index contributed by atoms with van der Waals surface area (Å²) in [7, 11) is 0. The molecule has 0 saturated heterocycles. The quantitative estimate of drug-likeness (QED) is 0.739. The smallest absolute Gasteiger partial charge is 0.266 e. The summed E-state index contributed by atoms with van der Waals surface area (Å²) in [5.74, 6) is 1.16. The molecule has 6 nitrogen and oxygen atoms in total. The maximum absolute atomic E-state index is 12.1. The van der Waals surface area contributed by atoms with Crippen LogP contribution >= 0.6 is 0 Å². The molecule has 0 unspecified atom stereocenters. The third-order valence-electron chi connectivity index (χ3n) is 3.75. The number of anilines is 1. The lowest BCUT2D eigenvalue weighted by atomic mass is 10.3. The number of para-hydroxylation sites is 2. The number of carbonyl (C=O) groups is 1. The van der Waals surface area contributed by atoms with Gasteiger partial charge in [-0.15, -0.1) is 0 Å². The first-order valence-corrected chi connectivity index (χ1v) is 7.11. The molecule has 0 aliphatic carbocycles. The molecule has 110 valence electrons. The number of aromatic nitrogens is 3. The van der Waals surface area contributed by atoms with Crippen molar-refractivity contribution in [3.63, 3.8) is 0 Å². The average molecular weight is 294 g/mol. The van der Waals surface area contributed by atoms with Crippen LogP contribution in [0.25, 0.3) is 11.0 Å². The number of carbonyl (C=O) groups excluding carboxylic acids is 1. The van der Waals surface area contributed by atoms with Crippen molar-refractivity contribution in [1.29, 1.82) is 0 Å². The highest BCUT2D eigenvalue weighted by molar-refractivity contribution is 5.96. The third kappa shape index (κ3) is 2.09. The Balaban J connectivity index is 1.60. The standard InChI is InChI=1S/C16H14N4O2/c21-15-10-22-14-6-3-7-17-16(14)20(15)9-8-19-11-18-12-4-1-2-5-13(12)19/h1-7,11H,8-10H2. The second-order valence-electron chi connectivity index (χ2n) is 5.09. The molecular formula is C16H14N4O2. The van der Waals surface area contributed by atoms with Crippen LogP contribution in [0.15, 0.2) is 48.9 Å². The van der Waals surface area contributed by atoms with Gasteiger partial charge in [-0.25, -0.2) is 9.97 Å². The number of hydrogen-bond acceptors (Lipinski definition) is 4. The summed E-state index contributed by atoms with van der Waals surface area (Å²) in [6, 6.07) is 11.6. The minimum absolute atomic E-state index is 0.0589. The lowest BCUT2D eigenvalue weighted by molar-refractivity contribution is -0.121. The number of imidazole rings is 1. The highest BCUT2D eigenvalue weighted by Gasteiger charge is 2.26. The number of hydrogen-bond donors (Lipinski definition) is 0. The van der Waals surface area contributed by atoms with E-state index in [1.807, 2.05) is 34.9 Å². The van der Waals surface area contributed by atoms with E-state index in [1.54, 1.807) is 23.5 Å². The fourth-order valence-corrected chi connectivity index (χ4v) is 2.66. The molecule has 0 spiro atoms. The molecule has 0 atom stereocenters. The lowest BCUT2D eigenvalue weighted by Crippen LogP contribution is -2.41.